The molecule has 166 valence electrons. The summed E-state index contributed by atoms with van der Waals surface area (Å²) < 4.78 is 11.4. The molecular weight excluding hydrogens is 428 g/mol. The van der Waals surface area contributed by atoms with Gasteiger partial charge in [-0.25, -0.2) is 9.97 Å². The molecule has 1 unspecified atom stereocenters. The molecule has 1 fully saturated rings. The lowest BCUT2D eigenvalue weighted by atomic mass is 10.2. The van der Waals surface area contributed by atoms with Crippen molar-refractivity contribution in [2.24, 2.45) is 0 Å². The van der Waals surface area contributed by atoms with Crippen molar-refractivity contribution in [3.8, 4) is 11.6 Å². The Morgan fingerprint density at radius 3 is 2.72 bits per heavy atom. The van der Waals surface area contributed by atoms with Crippen molar-refractivity contribution >= 4 is 23.3 Å². The van der Waals surface area contributed by atoms with Gasteiger partial charge in [0.25, 0.3) is 0 Å². The smallest absolute Gasteiger partial charge is 0.248 e. The number of carbonyl (C=O) groups is 1. The van der Waals surface area contributed by atoms with Crippen LogP contribution in [0.15, 0.2) is 67.0 Å². The number of piperazine rings is 1. The van der Waals surface area contributed by atoms with Gasteiger partial charge in [0.1, 0.15) is 24.5 Å². The van der Waals surface area contributed by atoms with Crippen LogP contribution in [0, 0.1) is 0 Å². The van der Waals surface area contributed by atoms with Crippen LogP contribution in [-0.4, -0.2) is 53.1 Å². The quantitative estimate of drug-likeness (QED) is 0.535. The highest BCUT2D eigenvalue weighted by atomic mass is 35.5. The average molecular weight is 453 g/mol. The standard InChI is InChI=1S/C24H25ClN4O3/c1-18-14-28(10-11-29(18)24(30)16-31-15-19-6-3-2-4-7-19)22-13-23(27-17-26-22)32-21-9-5-8-20(25)12-21/h2-9,12-13,17-18H,10-11,14-16H2,1H3. The molecule has 0 bridgehead atoms. The second kappa shape index (κ2) is 10.4. The maximum atomic E-state index is 12.7. The number of hydrogen-bond donors (Lipinski definition) is 0. The van der Waals surface area contributed by atoms with Gasteiger partial charge in [-0.05, 0) is 30.7 Å². The molecule has 3 aromatic rings. The molecule has 2 aromatic carbocycles. The van der Waals surface area contributed by atoms with E-state index in [4.69, 9.17) is 21.1 Å². The van der Waals surface area contributed by atoms with Gasteiger partial charge in [-0.1, -0.05) is 48.0 Å². The molecule has 7 nitrogen and oxygen atoms in total. The summed E-state index contributed by atoms with van der Waals surface area (Å²) >= 11 is 6.02. The van der Waals surface area contributed by atoms with Gasteiger partial charge in [0.05, 0.1) is 6.61 Å². The van der Waals surface area contributed by atoms with E-state index in [0.29, 0.717) is 42.9 Å². The van der Waals surface area contributed by atoms with Crippen LogP contribution in [0.2, 0.25) is 5.02 Å². The first-order valence-corrected chi connectivity index (χ1v) is 10.9. The van der Waals surface area contributed by atoms with Gasteiger partial charge in [0.15, 0.2) is 0 Å². The van der Waals surface area contributed by atoms with Crippen molar-refractivity contribution in [2.75, 3.05) is 31.1 Å². The zero-order chi connectivity index (χ0) is 22.3. The Morgan fingerprint density at radius 1 is 1.09 bits per heavy atom. The van der Waals surface area contributed by atoms with Crippen LogP contribution in [0.1, 0.15) is 12.5 Å². The number of rotatable bonds is 7. The van der Waals surface area contributed by atoms with Crippen molar-refractivity contribution < 1.29 is 14.3 Å². The Morgan fingerprint density at radius 2 is 1.94 bits per heavy atom. The fraction of sp³-hybridized carbons (Fsp3) is 0.292. The Bertz CT molecular complexity index is 1050. The van der Waals surface area contributed by atoms with Crippen molar-refractivity contribution in [3.05, 3.63) is 77.6 Å². The largest absolute Gasteiger partial charge is 0.439 e. The number of halogens is 1. The van der Waals surface area contributed by atoms with E-state index >= 15 is 0 Å². The number of hydrogen-bond acceptors (Lipinski definition) is 6. The van der Waals surface area contributed by atoms with Crippen LogP contribution in [0.3, 0.4) is 0 Å². The number of anilines is 1. The first-order valence-electron chi connectivity index (χ1n) is 10.5. The zero-order valence-corrected chi connectivity index (χ0v) is 18.6. The number of nitrogens with zero attached hydrogens (tertiary/aromatic N) is 4. The molecule has 0 spiro atoms. The molecule has 0 N–H and O–H groups in total. The normalized spacial score (nSPS) is 16.1. The van der Waals surface area contributed by atoms with Crippen LogP contribution >= 0.6 is 11.6 Å². The molecule has 1 aromatic heterocycles. The Labute approximate surface area is 192 Å². The lowest BCUT2D eigenvalue weighted by molar-refractivity contribution is -0.139. The maximum absolute atomic E-state index is 12.7. The summed E-state index contributed by atoms with van der Waals surface area (Å²) in [6.07, 6.45) is 1.48. The molecule has 1 aliphatic rings. The molecule has 0 saturated carbocycles. The number of aromatic nitrogens is 2. The summed E-state index contributed by atoms with van der Waals surface area (Å²) in [5.74, 6) is 1.82. The summed E-state index contributed by atoms with van der Waals surface area (Å²) in [7, 11) is 0. The molecule has 4 rings (SSSR count). The number of amides is 1. The lowest BCUT2D eigenvalue weighted by Crippen LogP contribution is -2.55. The van der Waals surface area contributed by atoms with Crippen LogP contribution in [0.4, 0.5) is 5.82 Å². The Kier molecular flexibility index (Phi) is 7.19. The third-order valence-corrected chi connectivity index (χ3v) is 5.49. The second-order valence-electron chi connectivity index (χ2n) is 7.63. The summed E-state index contributed by atoms with van der Waals surface area (Å²) in [5, 5.41) is 0.596. The first-order chi connectivity index (χ1) is 15.6. The molecule has 8 heteroatoms. The van der Waals surface area contributed by atoms with Gasteiger partial charge in [0, 0.05) is 36.8 Å². The predicted molar refractivity (Wildman–Crippen MR) is 123 cm³/mol. The van der Waals surface area contributed by atoms with E-state index in [0.717, 1.165) is 11.4 Å². The summed E-state index contributed by atoms with van der Waals surface area (Å²) in [6.45, 7) is 4.47. The molecule has 1 amide bonds. The van der Waals surface area contributed by atoms with E-state index in [1.165, 1.54) is 6.33 Å². The highest BCUT2D eigenvalue weighted by Crippen LogP contribution is 2.25. The molecule has 0 radical (unpaired) electrons. The van der Waals surface area contributed by atoms with Crippen molar-refractivity contribution in [3.63, 3.8) is 0 Å². The van der Waals surface area contributed by atoms with Gasteiger partial charge in [0.2, 0.25) is 11.8 Å². The van der Waals surface area contributed by atoms with Crippen molar-refractivity contribution in [1.82, 2.24) is 14.9 Å². The van der Waals surface area contributed by atoms with Gasteiger partial charge in [-0.2, -0.15) is 0 Å². The summed E-state index contributed by atoms with van der Waals surface area (Å²) in [5.41, 5.74) is 1.05. The third kappa shape index (κ3) is 5.75. The third-order valence-electron chi connectivity index (χ3n) is 5.25. The summed E-state index contributed by atoms with van der Waals surface area (Å²) in [6, 6.07) is 18.8. The van der Waals surface area contributed by atoms with Gasteiger partial charge in [-0.15, -0.1) is 0 Å². The van der Waals surface area contributed by atoms with Crippen molar-refractivity contribution in [2.45, 2.75) is 19.6 Å². The lowest BCUT2D eigenvalue weighted by Gasteiger charge is -2.40. The van der Waals surface area contributed by atoms with E-state index in [9.17, 15) is 4.79 Å². The predicted octanol–water partition coefficient (Wildman–Crippen LogP) is 4.18. The molecule has 1 atom stereocenters. The van der Waals surface area contributed by atoms with Crippen LogP contribution in [0.25, 0.3) is 0 Å². The maximum Gasteiger partial charge on any atom is 0.248 e. The number of benzene rings is 2. The highest BCUT2D eigenvalue weighted by molar-refractivity contribution is 6.30. The Balaban J connectivity index is 1.31. The van der Waals surface area contributed by atoms with E-state index in [-0.39, 0.29) is 18.6 Å². The number of ether oxygens (including phenoxy) is 2. The minimum Gasteiger partial charge on any atom is -0.439 e. The Hall–Kier alpha value is -3.16. The number of carbonyl (C=O) groups excluding carboxylic acids is 1. The molecule has 2 heterocycles. The molecule has 32 heavy (non-hydrogen) atoms. The minimum absolute atomic E-state index is 0.000692. The molecular formula is C24H25ClN4O3. The van der Waals surface area contributed by atoms with E-state index < -0.39 is 0 Å². The van der Waals surface area contributed by atoms with Gasteiger partial charge >= 0.3 is 0 Å². The van der Waals surface area contributed by atoms with E-state index in [2.05, 4.69) is 14.9 Å². The van der Waals surface area contributed by atoms with E-state index in [1.807, 2.05) is 54.3 Å². The van der Waals surface area contributed by atoms with Crippen LogP contribution in [-0.2, 0) is 16.1 Å². The molecule has 1 aliphatic heterocycles. The topological polar surface area (TPSA) is 67.8 Å². The van der Waals surface area contributed by atoms with Crippen LogP contribution in [0.5, 0.6) is 11.6 Å². The van der Waals surface area contributed by atoms with Gasteiger partial charge in [-0.3, -0.25) is 4.79 Å². The molecule has 0 aliphatic carbocycles. The zero-order valence-electron chi connectivity index (χ0n) is 17.9. The summed E-state index contributed by atoms with van der Waals surface area (Å²) in [4.78, 5) is 25.2. The van der Waals surface area contributed by atoms with Crippen molar-refractivity contribution in [1.29, 1.82) is 0 Å². The van der Waals surface area contributed by atoms with E-state index in [1.54, 1.807) is 18.2 Å². The van der Waals surface area contributed by atoms with Gasteiger partial charge < -0.3 is 19.3 Å². The monoisotopic (exact) mass is 452 g/mol. The fourth-order valence-corrected chi connectivity index (χ4v) is 3.84. The fourth-order valence-electron chi connectivity index (χ4n) is 3.66. The highest BCUT2D eigenvalue weighted by Gasteiger charge is 2.28. The minimum atomic E-state index is 0.000692. The first kappa shape index (κ1) is 22.0. The average Bonchev–Trinajstić information content (AvgIpc) is 2.80. The second-order valence-corrected chi connectivity index (χ2v) is 8.07. The van der Waals surface area contributed by atoms with Crippen LogP contribution < -0.4 is 9.64 Å². The SMILES string of the molecule is CC1CN(c2cc(Oc3cccc(Cl)c3)ncn2)CCN1C(=O)COCc1ccccc1. The molecule has 1 saturated heterocycles.